The summed E-state index contributed by atoms with van der Waals surface area (Å²) in [6, 6.07) is 10.9. The molecule has 0 spiro atoms. The van der Waals surface area contributed by atoms with Gasteiger partial charge in [-0.2, -0.15) is 0 Å². The van der Waals surface area contributed by atoms with E-state index in [1.807, 2.05) is 32.9 Å². The molecule has 0 saturated carbocycles. The molecule has 0 saturated heterocycles. The van der Waals surface area contributed by atoms with Crippen molar-refractivity contribution >= 4 is 15.7 Å². The van der Waals surface area contributed by atoms with Crippen LogP contribution in [0.15, 0.2) is 53.4 Å². The van der Waals surface area contributed by atoms with Crippen LogP contribution in [0, 0.1) is 0 Å². The highest BCUT2D eigenvalue weighted by atomic mass is 32.2. The van der Waals surface area contributed by atoms with E-state index in [1.54, 1.807) is 12.1 Å². The lowest BCUT2D eigenvalue weighted by molar-refractivity contribution is -0.274. The third-order valence-corrected chi connectivity index (χ3v) is 4.77. The summed E-state index contributed by atoms with van der Waals surface area (Å²) in [6.07, 6.45) is -4.83. The van der Waals surface area contributed by atoms with E-state index in [1.165, 1.54) is 0 Å². The molecule has 0 aliphatic heterocycles. The van der Waals surface area contributed by atoms with Gasteiger partial charge >= 0.3 is 6.36 Å². The molecule has 25 heavy (non-hydrogen) atoms. The van der Waals surface area contributed by atoms with Crippen LogP contribution < -0.4 is 9.46 Å². The minimum atomic E-state index is -4.83. The highest BCUT2D eigenvalue weighted by Gasteiger charge is 2.31. The summed E-state index contributed by atoms with van der Waals surface area (Å²) in [7, 11) is -3.91. The quantitative estimate of drug-likeness (QED) is 0.846. The first-order chi connectivity index (χ1) is 11.4. The molecule has 0 fully saturated rings. The van der Waals surface area contributed by atoms with Gasteiger partial charge in [0.15, 0.2) is 0 Å². The van der Waals surface area contributed by atoms with E-state index in [2.05, 4.69) is 9.46 Å². The number of hydrogen-bond acceptors (Lipinski definition) is 3. The van der Waals surface area contributed by atoms with Gasteiger partial charge < -0.3 is 4.74 Å². The van der Waals surface area contributed by atoms with Crippen molar-refractivity contribution in [2.45, 2.75) is 37.4 Å². The molecule has 0 bridgehead atoms. The molecule has 0 radical (unpaired) electrons. The molecular weight excluding hydrogens is 355 g/mol. The van der Waals surface area contributed by atoms with Crippen molar-refractivity contribution in [2.75, 3.05) is 4.72 Å². The Hall–Kier alpha value is -2.22. The maximum atomic E-state index is 12.3. The zero-order chi connectivity index (χ0) is 18.9. The minimum Gasteiger partial charge on any atom is -0.406 e. The number of alkyl halides is 3. The molecule has 136 valence electrons. The standard InChI is InChI=1S/C17H18F3NO3S/c1-16(2,3)12-4-6-13(7-5-12)21-25(22,23)15-10-8-14(9-11-15)24-17(18,19)20/h4-11,21H,1-3H3. The highest BCUT2D eigenvalue weighted by molar-refractivity contribution is 7.92. The fourth-order valence-electron chi connectivity index (χ4n) is 2.07. The first-order valence-corrected chi connectivity index (χ1v) is 8.84. The summed E-state index contributed by atoms with van der Waals surface area (Å²) in [5, 5.41) is 0. The average Bonchev–Trinajstić information content (AvgIpc) is 2.45. The molecular formula is C17H18F3NO3S. The van der Waals surface area contributed by atoms with Crippen LogP contribution in [-0.4, -0.2) is 14.8 Å². The Labute approximate surface area is 144 Å². The normalized spacial score (nSPS) is 12.7. The first kappa shape index (κ1) is 19.1. The van der Waals surface area contributed by atoms with E-state index in [0.717, 1.165) is 29.8 Å². The summed E-state index contributed by atoms with van der Waals surface area (Å²) in [4.78, 5) is -0.165. The van der Waals surface area contributed by atoms with Crippen molar-refractivity contribution in [3.05, 3.63) is 54.1 Å². The number of nitrogens with one attached hydrogen (secondary N) is 1. The van der Waals surface area contributed by atoms with E-state index < -0.39 is 22.1 Å². The lowest BCUT2D eigenvalue weighted by Crippen LogP contribution is -2.17. The number of sulfonamides is 1. The van der Waals surface area contributed by atoms with Crippen LogP contribution in [0.1, 0.15) is 26.3 Å². The van der Waals surface area contributed by atoms with Gasteiger partial charge in [0.2, 0.25) is 0 Å². The lowest BCUT2D eigenvalue weighted by atomic mass is 9.87. The van der Waals surface area contributed by atoms with Gasteiger partial charge in [-0.05, 0) is 47.4 Å². The lowest BCUT2D eigenvalue weighted by Gasteiger charge is -2.19. The van der Waals surface area contributed by atoms with Crippen LogP contribution in [-0.2, 0) is 15.4 Å². The topological polar surface area (TPSA) is 55.4 Å². The predicted octanol–water partition coefficient (Wildman–Crippen LogP) is 4.68. The Morgan fingerprint density at radius 3 is 1.84 bits per heavy atom. The van der Waals surface area contributed by atoms with E-state index in [9.17, 15) is 21.6 Å². The summed E-state index contributed by atoms with van der Waals surface area (Å²) in [6.45, 7) is 6.12. The van der Waals surface area contributed by atoms with Crippen LogP contribution in [0.25, 0.3) is 0 Å². The van der Waals surface area contributed by atoms with Crippen molar-refractivity contribution in [3.8, 4) is 5.75 Å². The van der Waals surface area contributed by atoms with Crippen molar-refractivity contribution < 1.29 is 26.3 Å². The second kappa shape index (κ2) is 6.59. The number of hydrogen-bond donors (Lipinski definition) is 1. The third kappa shape index (κ3) is 5.38. The van der Waals surface area contributed by atoms with Crippen LogP contribution >= 0.6 is 0 Å². The fraction of sp³-hybridized carbons (Fsp3) is 0.294. The van der Waals surface area contributed by atoms with E-state index in [-0.39, 0.29) is 10.3 Å². The second-order valence-electron chi connectivity index (χ2n) is 6.45. The molecule has 0 aliphatic carbocycles. The van der Waals surface area contributed by atoms with Crippen molar-refractivity contribution in [2.24, 2.45) is 0 Å². The molecule has 2 aromatic rings. The van der Waals surface area contributed by atoms with Crippen molar-refractivity contribution in [1.82, 2.24) is 0 Å². The number of anilines is 1. The monoisotopic (exact) mass is 373 g/mol. The van der Waals surface area contributed by atoms with Gasteiger partial charge in [0.05, 0.1) is 4.90 Å². The molecule has 1 N–H and O–H groups in total. The number of benzene rings is 2. The van der Waals surface area contributed by atoms with Crippen molar-refractivity contribution in [3.63, 3.8) is 0 Å². The molecule has 0 amide bonds. The third-order valence-electron chi connectivity index (χ3n) is 3.37. The number of rotatable bonds is 4. The summed E-state index contributed by atoms with van der Waals surface area (Å²) >= 11 is 0. The molecule has 0 heterocycles. The molecule has 0 unspecified atom stereocenters. The maximum Gasteiger partial charge on any atom is 0.573 e. The maximum absolute atomic E-state index is 12.3. The number of halogens is 3. The van der Waals surface area contributed by atoms with E-state index in [0.29, 0.717) is 5.69 Å². The van der Waals surface area contributed by atoms with Gasteiger partial charge in [-0.25, -0.2) is 8.42 Å². The second-order valence-corrected chi connectivity index (χ2v) is 8.13. The smallest absolute Gasteiger partial charge is 0.406 e. The van der Waals surface area contributed by atoms with E-state index >= 15 is 0 Å². The Kier molecular flexibility index (Phi) is 5.04. The van der Waals surface area contributed by atoms with Gasteiger partial charge in [0.25, 0.3) is 10.0 Å². The molecule has 2 rings (SSSR count). The highest BCUT2D eigenvalue weighted by Crippen LogP contribution is 2.26. The average molecular weight is 373 g/mol. The van der Waals surface area contributed by atoms with Gasteiger partial charge in [-0.1, -0.05) is 32.9 Å². The zero-order valence-electron chi connectivity index (χ0n) is 13.9. The number of ether oxygens (including phenoxy) is 1. The van der Waals surface area contributed by atoms with Crippen LogP contribution in [0.5, 0.6) is 5.75 Å². The Morgan fingerprint density at radius 1 is 0.880 bits per heavy atom. The molecule has 0 atom stereocenters. The Balaban J connectivity index is 2.16. The predicted molar refractivity (Wildman–Crippen MR) is 89.1 cm³/mol. The van der Waals surface area contributed by atoms with Gasteiger partial charge in [-0.3, -0.25) is 4.72 Å². The van der Waals surface area contributed by atoms with Crippen LogP contribution in [0.4, 0.5) is 18.9 Å². The van der Waals surface area contributed by atoms with Crippen molar-refractivity contribution in [1.29, 1.82) is 0 Å². The molecule has 4 nitrogen and oxygen atoms in total. The SMILES string of the molecule is CC(C)(C)c1ccc(NS(=O)(=O)c2ccc(OC(F)(F)F)cc2)cc1. The fourth-order valence-corrected chi connectivity index (χ4v) is 3.13. The zero-order valence-corrected chi connectivity index (χ0v) is 14.7. The molecule has 0 aliphatic rings. The first-order valence-electron chi connectivity index (χ1n) is 7.36. The van der Waals surface area contributed by atoms with Gasteiger partial charge in [0, 0.05) is 5.69 Å². The molecule has 2 aromatic carbocycles. The van der Waals surface area contributed by atoms with Gasteiger partial charge in [-0.15, -0.1) is 13.2 Å². The van der Waals surface area contributed by atoms with Crippen LogP contribution in [0.3, 0.4) is 0 Å². The van der Waals surface area contributed by atoms with Crippen LogP contribution in [0.2, 0.25) is 0 Å². The molecule has 8 heteroatoms. The largest absolute Gasteiger partial charge is 0.573 e. The Morgan fingerprint density at radius 2 is 1.40 bits per heavy atom. The van der Waals surface area contributed by atoms with Gasteiger partial charge in [0.1, 0.15) is 5.75 Å². The molecule has 0 aromatic heterocycles. The summed E-state index contributed by atoms with van der Waals surface area (Å²) in [5.74, 6) is -0.485. The summed E-state index contributed by atoms with van der Waals surface area (Å²) in [5.41, 5.74) is 1.35. The summed E-state index contributed by atoms with van der Waals surface area (Å²) < 4.78 is 67.1. The minimum absolute atomic E-state index is 0.0638. The van der Waals surface area contributed by atoms with E-state index in [4.69, 9.17) is 0 Å². The Bertz CT molecular complexity index is 821.